The maximum Gasteiger partial charge on any atom is 0.116 e. The van der Waals surface area contributed by atoms with Gasteiger partial charge in [0.25, 0.3) is 0 Å². The predicted molar refractivity (Wildman–Crippen MR) is 75.3 cm³/mol. The highest BCUT2D eigenvalue weighted by Crippen LogP contribution is 2.33. The number of rotatable bonds is 2. The molecule has 0 aromatic heterocycles. The first-order valence-electron chi connectivity index (χ1n) is 6.23. The average molecular weight is 272 g/mol. The molecule has 0 radical (unpaired) electrons. The number of hydrogen-bond donors (Lipinski definition) is 2. The number of aromatic hydroxyl groups is 1. The van der Waals surface area contributed by atoms with Gasteiger partial charge >= 0.3 is 0 Å². The van der Waals surface area contributed by atoms with E-state index in [2.05, 4.69) is 0 Å². The van der Waals surface area contributed by atoms with Crippen LogP contribution in [-0.4, -0.2) is 18.3 Å². The number of aryl methyl sites for hydroxylation is 2. The molecule has 0 amide bonds. The lowest BCUT2D eigenvalue weighted by atomic mass is 9.84. The summed E-state index contributed by atoms with van der Waals surface area (Å²) in [6.45, 7) is 5.66. The third-order valence-corrected chi connectivity index (χ3v) is 3.69. The zero-order valence-corrected chi connectivity index (χ0v) is 11.8. The second kappa shape index (κ2) is 6.41. The highest BCUT2D eigenvalue weighted by Gasteiger charge is 2.24. The SMILES string of the molecule is Cc1cc(O)cc(C)c1[C@H](N)C1CCOCC1.Cl. The Kier molecular flexibility index (Phi) is 5.45. The molecule has 102 valence electrons. The summed E-state index contributed by atoms with van der Waals surface area (Å²) in [5.41, 5.74) is 9.74. The second-order valence-electron chi connectivity index (χ2n) is 4.97. The Bertz CT molecular complexity index is 380. The molecule has 4 heteroatoms. The van der Waals surface area contributed by atoms with Crippen LogP contribution < -0.4 is 5.73 Å². The summed E-state index contributed by atoms with van der Waals surface area (Å²) in [7, 11) is 0. The molecule has 0 saturated carbocycles. The second-order valence-corrected chi connectivity index (χ2v) is 4.97. The first-order chi connectivity index (χ1) is 8.09. The van der Waals surface area contributed by atoms with Crippen LogP contribution in [0.1, 0.15) is 35.6 Å². The van der Waals surface area contributed by atoms with E-state index in [0.717, 1.165) is 37.2 Å². The van der Waals surface area contributed by atoms with Crippen LogP contribution in [0.2, 0.25) is 0 Å². The van der Waals surface area contributed by atoms with Gasteiger partial charge in [-0.15, -0.1) is 12.4 Å². The Hall–Kier alpha value is -0.770. The third kappa shape index (κ3) is 3.16. The number of ether oxygens (including phenoxy) is 1. The fourth-order valence-corrected chi connectivity index (χ4v) is 2.79. The van der Waals surface area contributed by atoms with Gasteiger partial charge in [-0.3, -0.25) is 0 Å². The van der Waals surface area contributed by atoms with Crippen LogP contribution in [0.3, 0.4) is 0 Å². The fourth-order valence-electron chi connectivity index (χ4n) is 2.79. The Balaban J connectivity index is 0.00000162. The van der Waals surface area contributed by atoms with Gasteiger partial charge in [0, 0.05) is 19.3 Å². The van der Waals surface area contributed by atoms with Gasteiger partial charge < -0.3 is 15.6 Å². The predicted octanol–water partition coefficient (Wildman–Crippen LogP) is 2.86. The standard InChI is InChI=1S/C14H21NO2.ClH/c1-9-7-12(16)8-10(2)13(9)14(15)11-3-5-17-6-4-11;/h7-8,11,14,16H,3-6,15H2,1-2H3;1H/t14-;/m1./s1. The largest absolute Gasteiger partial charge is 0.508 e. The Morgan fingerprint density at radius 3 is 2.22 bits per heavy atom. The Morgan fingerprint density at radius 1 is 1.22 bits per heavy atom. The van der Waals surface area contributed by atoms with Crippen LogP contribution in [-0.2, 0) is 4.74 Å². The molecule has 1 aliphatic heterocycles. The number of nitrogens with two attached hydrogens (primary N) is 1. The van der Waals surface area contributed by atoms with Gasteiger partial charge in [-0.05, 0) is 61.4 Å². The van der Waals surface area contributed by atoms with Gasteiger partial charge in [0.05, 0.1) is 0 Å². The normalized spacial score (nSPS) is 18.2. The summed E-state index contributed by atoms with van der Waals surface area (Å²) in [5, 5.41) is 9.55. The van der Waals surface area contributed by atoms with Crippen LogP contribution in [0.15, 0.2) is 12.1 Å². The van der Waals surface area contributed by atoms with Crippen molar-refractivity contribution in [3.05, 3.63) is 28.8 Å². The molecule has 2 rings (SSSR count). The fraction of sp³-hybridized carbons (Fsp3) is 0.571. The highest BCUT2D eigenvalue weighted by molar-refractivity contribution is 5.85. The van der Waals surface area contributed by atoms with E-state index < -0.39 is 0 Å². The monoisotopic (exact) mass is 271 g/mol. The van der Waals surface area contributed by atoms with E-state index in [4.69, 9.17) is 10.5 Å². The van der Waals surface area contributed by atoms with Crippen molar-refractivity contribution in [1.29, 1.82) is 0 Å². The Labute approximate surface area is 115 Å². The molecule has 0 unspecified atom stereocenters. The van der Waals surface area contributed by atoms with Crippen molar-refractivity contribution in [2.24, 2.45) is 11.7 Å². The molecule has 3 N–H and O–H groups in total. The lowest BCUT2D eigenvalue weighted by Crippen LogP contribution is -2.28. The zero-order valence-electron chi connectivity index (χ0n) is 11.0. The minimum absolute atomic E-state index is 0. The molecular formula is C14H22ClNO2. The number of benzene rings is 1. The number of phenols is 1. The minimum Gasteiger partial charge on any atom is -0.508 e. The molecule has 18 heavy (non-hydrogen) atoms. The van der Waals surface area contributed by atoms with E-state index in [1.165, 1.54) is 5.56 Å². The minimum atomic E-state index is 0. The van der Waals surface area contributed by atoms with Crippen LogP contribution in [0, 0.1) is 19.8 Å². The number of phenolic OH excluding ortho intramolecular Hbond substituents is 1. The summed E-state index contributed by atoms with van der Waals surface area (Å²) in [4.78, 5) is 0. The van der Waals surface area contributed by atoms with E-state index in [1.807, 2.05) is 13.8 Å². The lowest BCUT2D eigenvalue weighted by Gasteiger charge is -2.29. The van der Waals surface area contributed by atoms with E-state index in [0.29, 0.717) is 11.7 Å². The molecule has 1 heterocycles. The maximum absolute atomic E-state index is 9.55. The van der Waals surface area contributed by atoms with Gasteiger partial charge in [0.1, 0.15) is 5.75 Å². The van der Waals surface area contributed by atoms with Gasteiger partial charge in [-0.1, -0.05) is 0 Å². The van der Waals surface area contributed by atoms with Gasteiger partial charge in [-0.2, -0.15) is 0 Å². The molecule has 1 fully saturated rings. The van der Waals surface area contributed by atoms with Crippen molar-refractivity contribution < 1.29 is 9.84 Å². The summed E-state index contributed by atoms with van der Waals surface area (Å²) >= 11 is 0. The van der Waals surface area contributed by atoms with Crippen molar-refractivity contribution in [2.45, 2.75) is 32.7 Å². The number of halogens is 1. The molecule has 1 saturated heterocycles. The van der Waals surface area contributed by atoms with Crippen molar-refractivity contribution in [3.8, 4) is 5.75 Å². The topological polar surface area (TPSA) is 55.5 Å². The smallest absolute Gasteiger partial charge is 0.116 e. The van der Waals surface area contributed by atoms with Crippen molar-refractivity contribution in [2.75, 3.05) is 13.2 Å². The van der Waals surface area contributed by atoms with Crippen LogP contribution >= 0.6 is 12.4 Å². The van der Waals surface area contributed by atoms with Gasteiger partial charge in [0.15, 0.2) is 0 Å². The van der Waals surface area contributed by atoms with E-state index in [1.54, 1.807) is 12.1 Å². The van der Waals surface area contributed by atoms with Crippen molar-refractivity contribution >= 4 is 12.4 Å². The summed E-state index contributed by atoms with van der Waals surface area (Å²) in [5.74, 6) is 0.814. The average Bonchev–Trinajstić information content (AvgIpc) is 2.28. The zero-order chi connectivity index (χ0) is 12.4. The highest BCUT2D eigenvalue weighted by atomic mass is 35.5. The molecule has 0 aliphatic carbocycles. The molecule has 1 atom stereocenters. The van der Waals surface area contributed by atoms with Crippen molar-refractivity contribution in [3.63, 3.8) is 0 Å². The summed E-state index contributed by atoms with van der Waals surface area (Å²) in [6.07, 6.45) is 2.06. The lowest BCUT2D eigenvalue weighted by molar-refractivity contribution is 0.0582. The van der Waals surface area contributed by atoms with Gasteiger partial charge in [-0.25, -0.2) is 0 Å². The molecular weight excluding hydrogens is 250 g/mol. The molecule has 1 aliphatic rings. The molecule has 0 spiro atoms. The maximum atomic E-state index is 9.55. The number of hydrogen-bond acceptors (Lipinski definition) is 3. The summed E-state index contributed by atoms with van der Waals surface area (Å²) < 4.78 is 5.37. The van der Waals surface area contributed by atoms with Crippen molar-refractivity contribution in [1.82, 2.24) is 0 Å². The van der Waals surface area contributed by atoms with Crippen LogP contribution in [0.5, 0.6) is 5.75 Å². The Morgan fingerprint density at radius 2 is 1.72 bits per heavy atom. The van der Waals surface area contributed by atoms with Crippen LogP contribution in [0.25, 0.3) is 0 Å². The molecule has 1 aromatic carbocycles. The molecule has 3 nitrogen and oxygen atoms in total. The first kappa shape index (κ1) is 15.3. The first-order valence-corrected chi connectivity index (χ1v) is 6.23. The van der Waals surface area contributed by atoms with Crippen LogP contribution in [0.4, 0.5) is 0 Å². The summed E-state index contributed by atoms with van der Waals surface area (Å²) in [6, 6.07) is 3.64. The van der Waals surface area contributed by atoms with E-state index in [-0.39, 0.29) is 18.4 Å². The molecule has 0 bridgehead atoms. The van der Waals surface area contributed by atoms with E-state index in [9.17, 15) is 5.11 Å². The van der Waals surface area contributed by atoms with E-state index >= 15 is 0 Å². The third-order valence-electron chi connectivity index (χ3n) is 3.69. The molecule has 1 aromatic rings. The quantitative estimate of drug-likeness (QED) is 0.870. The van der Waals surface area contributed by atoms with Gasteiger partial charge in [0.2, 0.25) is 0 Å².